The van der Waals surface area contributed by atoms with Crippen molar-refractivity contribution in [3.05, 3.63) is 30.0 Å². The summed E-state index contributed by atoms with van der Waals surface area (Å²) in [6.07, 6.45) is 3.31. The van der Waals surface area contributed by atoms with Gasteiger partial charge in [-0.1, -0.05) is 31.5 Å². The molecule has 0 radical (unpaired) electrons. The van der Waals surface area contributed by atoms with Crippen LogP contribution >= 0.6 is 0 Å². The number of unbranched alkanes of at least 4 members (excludes halogenated alkanes) is 1. The Hall–Kier alpha value is -2.10. The first kappa shape index (κ1) is 11.0. The van der Waals surface area contributed by atoms with Crippen molar-refractivity contribution in [2.45, 2.75) is 26.2 Å². The molecule has 4 heteroatoms. The molecule has 3 N–H and O–H groups in total. The number of aromatic nitrogens is 3. The topological polar surface area (TPSA) is 67.6 Å². The number of para-hydroxylation sites is 1. The first-order valence-electron chi connectivity index (χ1n) is 6.32. The second-order valence-electron chi connectivity index (χ2n) is 4.54. The van der Waals surface area contributed by atoms with E-state index in [0.717, 1.165) is 40.3 Å². The third-order valence-corrected chi connectivity index (χ3v) is 3.28. The van der Waals surface area contributed by atoms with Crippen LogP contribution < -0.4 is 5.73 Å². The van der Waals surface area contributed by atoms with Gasteiger partial charge in [-0.25, -0.2) is 4.98 Å². The molecule has 0 aliphatic heterocycles. The maximum Gasteiger partial charge on any atom is 0.152 e. The van der Waals surface area contributed by atoms with Gasteiger partial charge in [0, 0.05) is 16.5 Å². The fraction of sp³-hybridized carbons (Fsp3) is 0.286. The molecule has 3 rings (SSSR count). The summed E-state index contributed by atoms with van der Waals surface area (Å²) in [4.78, 5) is 4.39. The maximum absolute atomic E-state index is 5.97. The predicted octanol–water partition coefficient (Wildman–Crippen LogP) is 3.04. The number of nitrogens with zero attached hydrogens (tertiary/aromatic N) is 2. The van der Waals surface area contributed by atoms with Crippen molar-refractivity contribution < 1.29 is 0 Å². The average Bonchev–Trinajstić information content (AvgIpc) is 2.81. The van der Waals surface area contributed by atoms with E-state index >= 15 is 0 Å². The van der Waals surface area contributed by atoms with Gasteiger partial charge in [-0.2, -0.15) is 5.10 Å². The van der Waals surface area contributed by atoms with Gasteiger partial charge in [0.15, 0.2) is 5.82 Å². The second-order valence-corrected chi connectivity index (χ2v) is 4.54. The zero-order chi connectivity index (χ0) is 12.5. The number of hydrogen-bond acceptors (Lipinski definition) is 3. The largest absolute Gasteiger partial charge is 0.382 e. The first-order valence-corrected chi connectivity index (χ1v) is 6.32. The van der Waals surface area contributed by atoms with E-state index < -0.39 is 0 Å². The average molecular weight is 240 g/mol. The molecular formula is C14H16N4. The number of nitrogen functional groups attached to an aromatic ring is 1. The summed E-state index contributed by atoms with van der Waals surface area (Å²) in [6, 6.07) is 8.07. The molecule has 92 valence electrons. The minimum Gasteiger partial charge on any atom is -0.382 e. The van der Waals surface area contributed by atoms with E-state index in [9.17, 15) is 0 Å². The number of benzene rings is 1. The molecule has 0 amide bonds. The lowest BCUT2D eigenvalue weighted by Gasteiger charge is -2.03. The van der Waals surface area contributed by atoms with Crippen molar-refractivity contribution in [1.29, 1.82) is 0 Å². The zero-order valence-corrected chi connectivity index (χ0v) is 10.4. The van der Waals surface area contributed by atoms with Crippen molar-refractivity contribution >= 4 is 27.6 Å². The summed E-state index contributed by atoms with van der Waals surface area (Å²) in [5.41, 5.74) is 8.86. The van der Waals surface area contributed by atoms with E-state index in [-0.39, 0.29) is 0 Å². The van der Waals surface area contributed by atoms with Crippen LogP contribution in [0.15, 0.2) is 24.3 Å². The summed E-state index contributed by atoms with van der Waals surface area (Å²) >= 11 is 0. The van der Waals surface area contributed by atoms with E-state index in [2.05, 4.69) is 28.2 Å². The molecule has 0 spiro atoms. The smallest absolute Gasteiger partial charge is 0.152 e. The molecule has 1 aromatic carbocycles. The van der Waals surface area contributed by atoms with Crippen LogP contribution in [0.4, 0.5) is 5.82 Å². The van der Waals surface area contributed by atoms with E-state index in [0.29, 0.717) is 5.82 Å². The van der Waals surface area contributed by atoms with E-state index in [1.165, 1.54) is 6.42 Å². The van der Waals surface area contributed by atoms with Crippen molar-refractivity contribution in [2.24, 2.45) is 0 Å². The SMILES string of the molecule is CCCCc1[nH]nc2c(N)nc3ccccc3c12. The van der Waals surface area contributed by atoms with Crippen LogP contribution in [0.2, 0.25) is 0 Å². The Morgan fingerprint density at radius 1 is 1.28 bits per heavy atom. The van der Waals surface area contributed by atoms with Gasteiger partial charge in [0.1, 0.15) is 5.52 Å². The van der Waals surface area contributed by atoms with Gasteiger partial charge in [-0.05, 0) is 18.9 Å². The van der Waals surface area contributed by atoms with Crippen LogP contribution in [-0.4, -0.2) is 15.2 Å². The molecule has 0 unspecified atom stereocenters. The lowest BCUT2D eigenvalue weighted by Crippen LogP contribution is -1.93. The fourth-order valence-electron chi connectivity index (χ4n) is 2.35. The van der Waals surface area contributed by atoms with Gasteiger partial charge in [-0.3, -0.25) is 5.10 Å². The van der Waals surface area contributed by atoms with Gasteiger partial charge in [0.05, 0.1) is 5.52 Å². The van der Waals surface area contributed by atoms with Crippen LogP contribution in [0.5, 0.6) is 0 Å². The lowest BCUT2D eigenvalue weighted by atomic mass is 10.1. The van der Waals surface area contributed by atoms with E-state index in [1.54, 1.807) is 0 Å². The molecule has 0 bridgehead atoms. The number of pyridine rings is 1. The number of aromatic amines is 1. The molecule has 3 aromatic rings. The highest BCUT2D eigenvalue weighted by molar-refractivity contribution is 6.09. The van der Waals surface area contributed by atoms with Gasteiger partial charge < -0.3 is 5.73 Å². The number of H-pyrrole nitrogens is 1. The summed E-state index contributed by atoms with van der Waals surface area (Å²) in [6.45, 7) is 2.19. The van der Waals surface area contributed by atoms with Crippen LogP contribution in [0.1, 0.15) is 25.5 Å². The Balaban J connectivity index is 2.33. The second kappa shape index (κ2) is 4.29. The molecular weight excluding hydrogens is 224 g/mol. The number of aryl methyl sites for hydroxylation is 1. The van der Waals surface area contributed by atoms with Gasteiger partial charge in [-0.15, -0.1) is 0 Å². The zero-order valence-electron chi connectivity index (χ0n) is 10.4. The fourth-order valence-corrected chi connectivity index (χ4v) is 2.35. The third kappa shape index (κ3) is 1.61. The Kier molecular flexibility index (Phi) is 2.63. The number of hydrogen-bond donors (Lipinski definition) is 2. The van der Waals surface area contributed by atoms with Gasteiger partial charge in [0.2, 0.25) is 0 Å². The van der Waals surface area contributed by atoms with Crippen molar-refractivity contribution in [3.8, 4) is 0 Å². The minimum atomic E-state index is 0.502. The van der Waals surface area contributed by atoms with Gasteiger partial charge in [0.25, 0.3) is 0 Å². The summed E-state index contributed by atoms with van der Waals surface area (Å²) < 4.78 is 0. The Labute approximate surface area is 105 Å². The summed E-state index contributed by atoms with van der Waals surface area (Å²) in [7, 11) is 0. The first-order chi connectivity index (χ1) is 8.81. The van der Waals surface area contributed by atoms with Crippen LogP contribution in [-0.2, 0) is 6.42 Å². The highest BCUT2D eigenvalue weighted by Gasteiger charge is 2.12. The highest BCUT2D eigenvalue weighted by Crippen LogP contribution is 2.29. The van der Waals surface area contributed by atoms with Crippen LogP contribution in [0.3, 0.4) is 0 Å². The number of rotatable bonds is 3. The molecule has 0 aliphatic carbocycles. The highest BCUT2D eigenvalue weighted by atomic mass is 15.1. The molecule has 2 aromatic heterocycles. The Morgan fingerprint density at radius 2 is 2.11 bits per heavy atom. The Morgan fingerprint density at radius 3 is 2.94 bits per heavy atom. The molecule has 0 aliphatic rings. The molecule has 0 saturated heterocycles. The molecule has 0 saturated carbocycles. The van der Waals surface area contributed by atoms with Crippen molar-refractivity contribution in [1.82, 2.24) is 15.2 Å². The molecule has 4 nitrogen and oxygen atoms in total. The normalized spacial score (nSPS) is 11.4. The Bertz CT molecular complexity index is 699. The number of anilines is 1. The van der Waals surface area contributed by atoms with Crippen molar-refractivity contribution in [3.63, 3.8) is 0 Å². The molecule has 18 heavy (non-hydrogen) atoms. The monoisotopic (exact) mass is 240 g/mol. The maximum atomic E-state index is 5.97. The predicted molar refractivity (Wildman–Crippen MR) is 74.4 cm³/mol. The van der Waals surface area contributed by atoms with Crippen LogP contribution in [0.25, 0.3) is 21.8 Å². The summed E-state index contributed by atoms with van der Waals surface area (Å²) in [5, 5.41) is 9.68. The lowest BCUT2D eigenvalue weighted by molar-refractivity contribution is 0.776. The number of nitrogens with two attached hydrogens (primary N) is 1. The standard InChI is InChI=1S/C14H16N4/c1-2-3-7-11-12-9-6-4-5-8-10(9)16-14(15)13(12)18-17-11/h4-6,8H,2-3,7H2,1H3,(H2,15,16)(H,17,18). The van der Waals surface area contributed by atoms with Gasteiger partial charge >= 0.3 is 0 Å². The summed E-state index contributed by atoms with van der Waals surface area (Å²) in [5.74, 6) is 0.502. The quantitative estimate of drug-likeness (QED) is 0.739. The third-order valence-electron chi connectivity index (χ3n) is 3.28. The minimum absolute atomic E-state index is 0.502. The van der Waals surface area contributed by atoms with E-state index in [4.69, 9.17) is 5.73 Å². The van der Waals surface area contributed by atoms with Crippen molar-refractivity contribution in [2.75, 3.05) is 5.73 Å². The molecule has 0 fully saturated rings. The van der Waals surface area contributed by atoms with E-state index in [1.807, 2.05) is 18.2 Å². The number of nitrogens with one attached hydrogen (secondary N) is 1. The molecule has 2 heterocycles. The molecule has 0 atom stereocenters. The number of fused-ring (bicyclic) bond motifs is 3. The van der Waals surface area contributed by atoms with Crippen LogP contribution in [0, 0.1) is 0 Å².